The van der Waals surface area contributed by atoms with Crippen molar-refractivity contribution in [2.24, 2.45) is 0 Å². The molecule has 0 aromatic heterocycles. The molecule has 0 unspecified atom stereocenters. The van der Waals surface area contributed by atoms with Crippen LogP contribution in [0.2, 0.25) is 5.02 Å². The van der Waals surface area contributed by atoms with Crippen LogP contribution in [-0.4, -0.2) is 33.4 Å². The molecule has 0 bridgehead atoms. The number of hydrogen-bond donors (Lipinski definition) is 1. The Morgan fingerprint density at radius 3 is 2.33 bits per heavy atom. The maximum Gasteiger partial charge on any atom is 0.339 e. The van der Waals surface area contributed by atoms with Gasteiger partial charge in [0.1, 0.15) is 10.5 Å². The Kier molecular flexibility index (Phi) is 7.33. The quantitative estimate of drug-likeness (QED) is 0.184. The second-order valence-electron chi connectivity index (χ2n) is 7.29. The Hall–Kier alpha value is -3.42. The van der Waals surface area contributed by atoms with Gasteiger partial charge in [0.05, 0.1) is 21.4 Å². The van der Waals surface area contributed by atoms with Gasteiger partial charge in [0.2, 0.25) is 0 Å². The molecule has 3 aromatic carbocycles. The third kappa shape index (κ3) is 5.08. The summed E-state index contributed by atoms with van der Waals surface area (Å²) in [6.07, 6.45) is 1.26. The molecule has 0 atom stereocenters. The van der Waals surface area contributed by atoms with Crippen LogP contribution in [0.5, 0.6) is 11.5 Å². The highest BCUT2D eigenvalue weighted by Gasteiger charge is 2.37. The van der Waals surface area contributed by atoms with Gasteiger partial charge in [0.15, 0.2) is 11.5 Å². The van der Waals surface area contributed by atoms with Gasteiger partial charge in [0, 0.05) is 0 Å². The number of hydrogen-bond acceptors (Lipinski definition) is 7. The van der Waals surface area contributed by atoms with Crippen molar-refractivity contribution in [3.63, 3.8) is 0 Å². The number of nitrogens with zero attached hydrogens (tertiary/aromatic N) is 1. The molecule has 1 fully saturated rings. The SMILES string of the molecule is COc1cc(/C=C2\C(=O)NC(=O)N(c3ccccc3Cl)C2=O)cc(I)c1OS(=O)(=O)c1ccccc1. The molecule has 1 N–H and O–H groups in total. The predicted molar refractivity (Wildman–Crippen MR) is 140 cm³/mol. The maximum absolute atomic E-state index is 13.1. The number of urea groups is 1. The van der Waals surface area contributed by atoms with Crippen LogP contribution >= 0.6 is 34.2 Å². The zero-order valence-electron chi connectivity index (χ0n) is 18.4. The maximum atomic E-state index is 13.1. The lowest BCUT2D eigenvalue weighted by molar-refractivity contribution is -0.122. The highest BCUT2D eigenvalue weighted by molar-refractivity contribution is 14.1. The van der Waals surface area contributed by atoms with E-state index in [9.17, 15) is 22.8 Å². The summed E-state index contributed by atoms with van der Waals surface area (Å²) in [6.45, 7) is 0. The van der Waals surface area contributed by atoms with Crippen molar-refractivity contribution in [1.82, 2.24) is 5.32 Å². The van der Waals surface area contributed by atoms with Crippen molar-refractivity contribution in [3.8, 4) is 11.5 Å². The first-order chi connectivity index (χ1) is 17.1. The van der Waals surface area contributed by atoms with E-state index in [1.165, 1.54) is 49.6 Å². The van der Waals surface area contributed by atoms with E-state index >= 15 is 0 Å². The van der Waals surface area contributed by atoms with Crippen LogP contribution in [0.25, 0.3) is 6.08 Å². The molecule has 1 aliphatic rings. The van der Waals surface area contributed by atoms with E-state index in [1.807, 2.05) is 22.6 Å². The van der Waals surface area contributed by atoms with E-state index < -0.39 is 28.0 Å². The molecule has 1 aliphatic heterocycles. The molecule has 0 radical (unpaired) electrons. The standard InChI is InChI=1S/C24H16ClIN2O7S/c1-34-20-13-14(12-18(26)21(20)35-36(32,33)15-7-3-2-4-8-15)11-16-22(29)27-24(31)28(23(16)30)19-10-6-5-9-17(19)25/h2-13H,1H3,(H,27,29,31)/b16-11+. The molecule has 4 amide bonds. The number of para-hydroxylation sites is 1. The van der Waals surface area contributed by atoms with Crippen LogP contribution < -0.4 is 19.1 Å². The van der Waals surface area contributed by atoms with Gasteiger partial charge in [-0.1, -0.05) is 41.9 Å². The minimum Gasteiger partial charge on any atom is -0.493 e. The highest BCUT2D eigenvalue weighted by atomic mass is 127. The smallest absolute Gasteiger partial charge is 0.339 e. The minimum atomic E-state index is -4.15. The van der Waals surface area contributed by atoms with Gasteiger partial charge < -0.3 is 8.92 Å². The molecule has 0 saturated carbocycles. The molecule has 1 heterocycles. The average molecular weight is 639 g/mol. The van der Waals surface area contributed by atoms with Crippen molar-refractivity contribution in [1.29, 1.82) is 0 Å². The first-order valence-electron chi connectivity index (χ1n) is 10.2. The van der Waals surface area contributed by atoms with Crippen LogP contribution in [0, 0.1) is 3.57 Å². The lowest BCUT2D eigenvalue weighted by Crippen LogP contribution is -2.54. The summed E-state index contributed by atoms with van der Waals surface area (Å²) < 4.78 is 36.4. The third-order valence-corrected chi connectivity index (χ3v) is 7.34. The van der Waals surface area contributed by atoms with Crippen LogP contribution in [0.15, 0.2) is 77.2 Å². The molecule has 4 rings (SSSR count). The molecule has 184 valence electrons. The fourth-order valence-corrected chi connectivity index (χ4v) is 5.41. The van der Waals surface area contributed by atoms with E-state index in [4.69, 9.17) is 20.5 Å². The molecule has 9 nitrogen and oxygen atoms in total. The number of benzene rings is 3. The minimum absolute atomic E-state index is 0.0390. The van der Waals surface area contributed by atoms with Crippen LogP contribution in [0.4, 0.5) is 10.5 Å². The summed E-state index contributed by atoms with van der Waals surface area (Å²) in [4.78, 5) is 38.8. The first kappa shape index (κ1) is 25.7. The Balaban J connectivity index is 1.72. The molecule has 3 aromatic rings. The largest absolute Gasteiger partial charge is 0.493 e. The summed E-state index contributed by atoms with van der Waals surface area (Å²) in [5.41, 5.74) is 0.104. The Morgan fingerprint density at radius 2 is 1.67 bits per heavy atom. The van der Waals surface area contributed by atoms with E-state index in [1.54, 1.807) is 30.3 Å². The number of ether oxygens (including phenoxy) is 1. The zero-order chi connectivity index (χ0) is 26.0. The fraction of sp³-hybridized carbons (Fsp3) is 0.0417. The number of carbonyl (C=O) groups excluding carboxylic acids is 3. The van der Waals surface area contributed by atoms with Crippen LogP contribution in [0.3, 0.4) is 0 Å². The van der Waals surface area contributed by atoms with Crippen LogP contribution in [0.1, 0.15) is 5.56 Å². The molecule has 0 aliphatic carbocycles. The second kappa shape index (κ2) is 10.3. The number of rotatable bonds is 6. The average Bonchev–Trinajstić information content (AvgIpc) is 2.84. The van der Waals surface area contributed by atoms with Gasteiger partial charge in [-0.3, -0.25) is 14.9 Å². The number of carbonyl (C=O) groups is 3. The normalized spacial score (nSPS) is 15.1. The molecule has 12 heteroatoms. The van der Waals surface area contributed by atoms with Gasteiger partial charge in [0.25, 0.3) is 11.8 Å². The van der Waals surface area contributed by atoms with Gasteiger partial charge >= 0.3 is 16.1 Å². The van der Waals surface area contributed by atoms with Crippen LogP contribution in [-0.2, 0) is 19.7 Å². The summed E-state index contributed by atoms with van der Waals surface area (Å²) in [5.74, 6) is -1.78. The summed E-state index contributed by atoms with van der Waals surface area (Å²) in [7, 11) is -2.83. The van der Waals surface area contributed by atoms with E-state index in [0.29, 0.717) is 9.13 Å². The second-order valence-corrected chi connectivity index (χ2v) is 10.4. The van der Waals surface area contributed by atoms with Crippen molar-refractivity contribution in [2.75, 3.05) is 12.0 Å². The van der Waals surface area contributed by atoms with Gasteiger partial charge in [-0.2, -0.15) is 8.42 Å². The summed E-state index contributed by atoms with van der Waals surface area (Å²) in [5, 5.41) is 2.27. The van der Waals surface area contributed by atoms with Crippen molar-refractivity contribution < 1.29 is 31.7 Å². The van der Waals surface area contributed by atoms with E-state index in [0.717, 1.165) is 4.90 Å². The van der Waals surface area contributed by atoms with Gasteiger partial charge in [-0.25, -0.2) is 9.69 Å². The predicted octanol–water partition coefficient (Wildman–Crippen LogP) is 4.39. The van der Waals surface area contributed by atoms with Gasteiger partial charge in [-0.15, -0.1) is 0 Å². The highest BCUT2D eigenvalue weighted by Crippen LogP contribution is 2.37. The lowest BCUT2D eigenvalue weighted by atomic mass is 10.1. The topological polar surface area (TPSA) is 119 Å². The number of imide groups is 2. The van der Waals surface area contributed by atoms with Crippen molar-refractivity contribution >= 4 is 73.9 Å². The first-order valence-corrected chi connectivity index (χ1v) is 13.0. The number of barbiturate groups is 1. The monoisotopic (exact) mass is 638 g/mol. The number of anilines is 1. The van der Waals surface area contributed by atoms with E-state index in [2.05, 4.69) is 5.32 Å². The molecule has 0 spiro atoms. The Labute approximate surface area is 224 Å². The van der Waals surface area contributed by atoms with Crippen molar-refractivity contribution in [3.05, 3.63) is 86.5 Å². The fourth-order valence-electron chi connectivity index (χ4n) is 3.32. The third-order valence-electron chi connectivity index (χ3n) is 4.98. The number of amides is 4. The zero-order valence-corrected chi connectivity index (χ0v) is 22.1. The molecule has 36 heavy (non-hydrogen) atoms. The summed E-state index contributed by atoms with van der Waals surface area (Å²) in [6, 6.07) is 15.8. The lowest BCUT2D eigenvalue weighted by Gasteiger charge is -2.27. The number of nitrogens with one attached hydrogen (secondary N) is 1. The number of methoxy groups -OCH3 is 1. The molecular weight excluding hydrogens is 623 g/mol. The Morgan fingerprint density at radius 1 is 1.00 bits per heavy atom. The Bertz CT molecular complexity index is 1520. The van der Waals surface area contributed by atoms with E-state index in [-0.39, 0.29) is 32.7 Å². The van der Waals surface area contributed by atoms with Gasteiger partial charge in [-0.05, 0) is 70.6 Å². The summed E-state index contributed by atoms with van der Waals surface area (Å²) >= 11 is 8.00. The molecule has 1 saturated heterocycles. The molecular formula is C24H16ClIN2O7S. The number of halogens is 2. The van der Waals surface area contributed by atoms with Crippen molar-refractivity contribution in [2.45, 2.75) is 4.90 Å².